The van der Waals surface area contributed by atoms with Gasteiger partial charge in [0.1, 0.15) is 6.04 Å². The Morgan fingerprint density at radius 2 is 2.16 bits per heavy atom. The molecule has 1 aromatic rings. The molecular formula is C9H13N3O5S2. The Balaban J connectivity index is 2.57. The van der Waals surface area contributed by atoms with E-state index in [4.69, 9.17) is 5.11 Å². The largest absolute Gasteiger partial charge is 0.480 e. The van der Waals surface area contributed by atoms with E-state index in [0.29, 0.717) is 5.69 Å². The molecule has 0 unspecified atom stereocenters. The predicted octanol–water partition coefficient (Wildman–Crippen LogP) is -0.681. The molecule has 0 aliphatic heterocycles. The Hall–Kier alpha value is -1.52. The molecule has 8 nitrogen and oxygen atoms in total. The summed E-state index contributed by atoms with van der Waals surface area (Å²) in [7, 11) is -3.79. The van der Waals surface area contributed by atoms with Crippen LogP contribution < -0.4 is 10.0 Å². The predicted molar refractivity (Wildman–Crippen MR) is 67.3 cm³/mol. The van der Waals surface area contributed by atoms with E-state index in [-0.39, 0.29) is 4.21 Å². The number of nitrogens with zero attached hydrogens (tertiary/aromatic N) is 1. The van der Waals surface area contributed by atoms with Gasteiger partial charge in [0.2, 0.25) is 5.91 Å². The van der Waals surface area contributed by atoms with Crippen molar-refractivity contribution >= 4 is 33.4 Å². The molecule has 1 amide bonds. The molecule has 0 saturated carbocycles. The summed E-state index contributed by atoms with van der Waals surface area (Å²) in [6.07, 6.45) is 0. The highest BCUT2D eigenvalue weighted by atomic mass is 32.2. The number of sulfonamides is 1. The van der Waals surface area contributed by atoms with Crippen LogP contribution in [0.15, 0.2) is 10.3 Å². The first-order valence-electron chi connectivity index (χ1n) is 5.17. The number of carboxylic acid groups (broad SMARTS) is 1. The van der Waals surface area contributed by atoms with Gasteiger partial charge in [-0.05, 0) is 31.4 Å². The first kappa shape index (κ1) is 15.5. The molecule has 0 saturated heterocycles. The molecule has 106 valence electrons. The minimum Gasteiger partial charge on any atom is -0.480 e. The normalized spacial score (nSPS) is 12.9. The summed E-state index contributed by atoms with van der Waals surface area (Å²) < 4.78 is 29.4. The highest BCUT2D eigenvalue weighted by molar-refractivity contribution is 7.91. The van der Waals surface area contributed by atoms with Crippen molar-refractivity contribution in [3.8, 4) is 0 Å². The van der Waals surface area contributed by atoms with Crippen LogP contribution in [0.25, 0.3) is 0 Å². The minimum atomic E-state index is -3.79. The number of carbonyl (C=O) groups is 2. The zero-order valence-electron chi connectivity index (χ0n) is 10.2. The maximum Gasteiger partial charge on any atom is 0.325 e. The highest BCUT2D eigenvalue weighted by Crippen LogP contribution is 2.15. The van der Waals surface area contributed by atoms with Gasteiger partial charge in [0, 0.05) is 0 Å². The van der Waals surface area contributed by atoms with Crippen LogP contribution in [-0.4, -0.2) is 42.4 Å². The first-order valence-corrected chi connectivity index (χ1v) is 7.43. The van der Waals surface area contributed by atoms with Crippen LogP contribution in [-0.2, 0) is 19.6 Å². The monoisotopic (exact) mass is 307 g/mol. The third kappa shape index (κ3) is 4.58. The molecule has 1 atom stereocenters. The third-order valence-electron chi connectivity index (χ3n) is 2.04. The Bertz CT molecular complexity index is 580. The quantitative estimate of drug-likeness (QED) is 0.639. The smallest absolute Gasteiger partial charge is 0.325 e. The van der Waals surface area contributed by atoms with Crippen LogP contribution in [0.1, 0.15) is 12.6 Å². The van der Waals surface area contributed by atoms with Crippen molar-refractivity contribution in [2.45, 2.75) is 24.1 Å². The molecule has 1 aromatic heterocycles. The van der Waals surface area contributed by atoms with Gasteiger partial charge >= 0.3 is 5.97 Å². The van der Waals surface area contributed by atoms with E-state index in [2.05, 4.69) is 14.4 Å². The number of aromatic nitrogens is 1. The number of amides is 1. The SMILES string of the molecule is Cc1cc(S(=O)(=O)NCC(=O)N[C@@H](C)C(=O)O)sn1. The molecule has 10 heteroatoms. The number of aliphatic carboxylic acids is 1. The Kier molecular flexibility index (Phi) is 4.97. The maximum absolute atomic E-state index is 11.7. The molecule has 0 aliphatic carbocycles. The molecule has 3 N–H and O–H groups in total. The van der Waals surface area contributed by atoms with Gasteiger partial charge < -0.3 is 10.4 Å². The Morgan fingerprint density at radius 3 is 2.63 bits per heavy atom. The topological polar surface area (TPSA) is 125 Å². The van der Waals surface area contributed by atoms with Crippen molar-refractivity contribution in [1.29, 1.82) is 0 Å². The van der Waals surface area contributed by atoms with Crippen LogP contribution in [0.3, 0.4) is 0 Å². The molecule has 19 heavy (non-hydrogen) atoms. The zero-order valence-corrected chi connectivity index (χ0v) is 11.8. The lowest BCUT2D eigenvalue weighted by Crippen LogP contribution is -2.43. The summed E-state index contributed by atoms with van der Waals surface area (Å²) in [4.78, 5) is 21.8. The summed E-state index contributed by atoms with van der Waals surface area (Å²) >= 11 is 0.801. The summed E-state index contributed by atoms with van der Waals surface area (Å²) in [6.45, 7) is 2.40. The average Bonchev–Trinajstić information content (AvgIpc) is 2.74. The van der Waals surface area contributed by atoms with Crippen LogP contribution in [0, 0.1) is 6.92 Å². The lowest BCUT2D eigenvalue weighted by atomic mass is 10.3. The standard InChI is InChI=1S/C9H13N3O5S2/c1-5-3-8(18-12-5)19(16,17)10-4-7(13)11-6(2)9(14)15/h3,6,10H,4H2,1-2H3,(H,11,13)(H,14,15)/t6-/m0/s1. The van der Waals surface area contributed by atoms with Gasteiger partial charge in [-0.1, -0.05) is 0 Å². The van der Waals surface area contributed by atoms with Gasteiger partial charge in [-0.25, -0.2) is 13.1 Å². The number of rotatable bonds is 6. The van der Waals surface area contributed by atoms with Crippen LogP contribution >= 0.6 is 11.5 Å². The Morgan fingerprint density at radius 1 is 1.53 bits per heavy atom. The van der Waals surface area contributed by atoms with Gasteiger partial charge in [-0.3, -0.25) is 9.59 Å². The number of carbonyl (C=O) groups excluding carboxylic acids is 1. The second-order valence-corrected chi connectivity index (χ2v) is 6.54. The molecule has 0 fully saturated rings. The van der Waals surface area contributed by atoms with Crippen LogP contribution in [0.5, 0.6) is 0 Å². The maximum atomic E-state index is 11.7. The lowest BCUT2D eigenvalue weighted by Gasteiger charge is -2.09. The van der Waals surface area contributed by atoms with Gasteiger partial charge in [-0.15, -0.1) is 0 Å². The molecule has 0 radical (unpaired) electrons. The van der Waals surface area contributed by atoms with Crippen molar-refractivity contribution < 1.29 is 23.1 Å². The highest BCUT2D eigenvalue weighted by Gasteiger charge is 2.20. The summed E-state index contributed by atoms with van der Waals surface area (Å²) in [6, 6.07) is 0.299. The summed E-state index contributed by atoms with van der Waals surface area (Å²) in [5.41, 5.74) is 0.564. The average molecular weight is 307 g/mol. The fourth-order valence-electron chi connectivity index (χ4n) is 1.05. The van der Waals surface area contributed by atoms with E-state index in [1.165, 1.54) is 13.0 Å². The second-order valence-electron chi connectivity index (χ2n) is 3.74. The van der Waals surface area contributed by atoms with Gasteiger partial charge in [-0.2, -0.15) is 4.37 Å². The number of hydrogen-bond donors (Lipinski definition) is 3. The van der Waals surface area contributed by atoms with Gasteiger partial charge in [0.05, 0.1) is 12.2 Å². The van der Waals surface area contributed by atoms with Crippen molar-refractivity contribution in [2.24, 2.45) is 0 Å². The number of carboxylic acids is 1. The van der Waals surface area contributed by atoms with Gasteiger partial charge in [0.15, 0.2) is 4.21 Å². The molecule has 0 spiro atoms. The second kappa shape index (κ2) is 6.08. The van der Waals surface area contributed by atoms with Gasteiger partial charge in [0.25, 0.3) is 10.0 Å². The van der Waals surface area contributed by atoms with E-state index in [9.17, 15) is 18.0 Å². The van der Waals surface area contributed by atoms with Crippen LogP contribution in [0.4, 0.5) is 0 Å². The minimum absolute atomic E-state index is 0.00378. The number of nitrogens with one attached hydrogen (secondary N) is 2. The van der Waals surface area contributed by atoms with Crippen molar-refractivity contribution in [2.75, 3.05) is 6.54 Å². The molecule has 0 aromatic carbocycles. The molecule has 0 bridgehead atoms. The van der Waals surface area contributed by atoms with Crippen molar-refractivity contribution in [3.63, 3.8) is 0 Å². The Labute approximate surface area is 114 Å². The third-order valence-corrected chi connectivity index (χ3v) is 4.77. The van der Waals surface area contributed by atoms with E-state index < -0.39 is 34.5 Å². The zero-order chi connectivity index (χ0) is 14.6. The summed E-state index contributed by atoms with van der Waals surface area (Å²) in [5.74, 6) is -1.92. The fraction of sp³-hybridized carbons (Fsp3) is 0.444. The fourth-order valence-corrected chi connectivity index (χ4v) is 3.03. The lowest BCUT2D eigenvalue weighted by molar-refractivity contribution is -0.141. The molecular weight excluding hydrogens is 294 g/mol. The molecule has 0 aliphatic rings. The summed E-state index contributed by atoms with van der Waals surface area (Å²) in [5, 5.41) is 10.7. The first-order chi connectivity index (χ1) is 8.72. The molecule has 1 rings (SSSR count). The van der Waals surface area contributed by atoms with E-state index >= 15 is 0 Å². The van der Waals surface area contributed by atoms with Crippen molar-refractivity contribution in [3.05, 3.63) is 11.8 Å². The van der Waals surface area contributed by atoms with Crippen molar-refractivity contribution in [1.82, 2.24) is 14.4 Å². The van der Waals surface area contributed by atoms with E-state index in [1.54, 1.807) is 6.92 Å². The van der Waals surface area contributed by atoms with Crippen LogP contribution in [0.2, 0.25) is 0 Å². The number of aryl methyl sites for hydroxylation is 1. The molecule has 1 heterocycles. The van der Waals surface area contributed by atoms with E-state index in [0.717, 1.165) is 11.5 Å². The number of hydrogen-bond acceptors (Lipinski definition) is 6. The van der Waals surface area contributed by atoms with E-state index in [1.807, 2.05) is 0 Å².